The van der Waals surface area contributed by atoms with Crippen molar-refractivity contribution in [1.82, 2.24) is 5.32 Å². The topological polar surface area (TPSA) is 38.3 Å². The van der Waals surface area contributed by atoms with Gasteiger partial charge in [0, 0.05) is 13.2 Å². The average molecular weight is 229 g/mol. The maximum absolute atomic E-state index is 11.3. The lowest BCUT2D eigenvalue weighted by Gasteiger charge is -2.08. The summed E-state index contributed by atoms with van der Waals surface area (Å²) < 4.78 is 5.30. The minimum Gasteiger partial charge on any atom is -0.372 e. The Hall–Kier alpha value is -0.570. The molecule has 0 aliphatic rings. The van der Waals surface area contributed by atoms with E-state index in [4.69, 9.17) is 4.74 Å². The van der Waals surface area contributed by atoms with Gasteiger partial charge in [-0.25, -0.2) is 0 Å². The first-order valence-corrected chi connectivity index (χ1v) is 6.36. The maximum atomic E-state index is 11.3. The molecule has 0 atom stereocenters. The standard InChI is InChI=1S/C13H27NO2/c1-11(2)7-5-6-8-16-10-13(15)14-9-12(3)4/h11-12H,5-10H2,1-4H3,(H,14,15). The zero-order chi connectivity index (χ0) is 12.4. The summed E-state index contributed by atoms with van der Waals surface area (Å²) in [6.45, 7) is 10.2. The molecule has 1 amide bonds. The lowest BCUT2D eigenvalue weighted by Crippen LogP contribution is -2.30. The molecule has 3 heteroatoms. The van der Waals surface area contributed by atoms with Crippen molar-refractivity contribution < 1.29 is 9.53 Å². The Morgan fingerprint density at radius 2 is 1.81 bits per heavy atom. The van der Waals surface area contributed by atoms with Crippen molar-refractivity contribution >= 4 is 5.91 Å². The number of hydrogen-bond acceptors (Lipinski definition) is 2. The predicted molar refractivity (Wildman–Crippen MR) is 67.4 cm³/mol. The highest BCUT2D eigenvalue weighted by Gasteiger charge is 2.02. The molecule has 0 heterocycles. The fourth-order valence-corrected chi connectivity index (χ4v) is 1.29. The summed E-state index contributed by atoms with van der Waals surface area (Å²) >= 11 is 0. The number of amides is 1. The molecule has 1 N–H and O–H groups in total. The Bertz CT molecular complexity index is 179. The molecule has 0 aromatic carbocycles. The van der Waals surface area contributed by atoms with Gasteiger partial charge in [-0.3, -0.25) is 4.79 Å². The van der Waals surface area contributed by atoms with E-state index in [0.717, 1.165) is 18.9 Å². The van der Waals surface area contributed by atoms with E-state index >= 15 is 0 Å². The summed E-state index contributed by atoms with van der Waals surface area (Å²) in [6.07, 6.45) is 3.48. The molecular weight excluding hydrogens is 202 g/mol. The second kappa shape index (κ2) is 9.64. The molecule has 96 valence electrons. The molecule has 0 bridgehead atoms. The van der Waals surface area contributed by atoms with Crippen molar-refractivity contribution in [3.63, 3.8) is 0 Å². The SMILES string of the molecule is CC(C)CCCCOCC(=O)NCC(C)C. The van der Waals surface area contributed by atoms with Crippen molar-refractivity contribution in [3.8, 4) is 0 Å². The summed E-state index contributed by atoms with van der Waals surface area (Å²) in [4.78, 5) is 11.3. The minimum absolute atomic E-state index is 0.00226. The van der Waals surface area contributed by atoms with Gasteiger partial charge in [-0.2, -0.15) is 0 Å². The minimum atomic E-state index is -0.00226. The first-order valence-electron chi connectivity index (χ1n) is 6.36. The van der Waals surface area contributed by atoms with E-state index in [9.17, 15) is 4.79 Å². The van der Waals surface area contributed by atoms with Crippen LogP contribution in [0.5, 0.6) is 0 Å². The number of unbranched alkanes of at least 4 members (excludes halogenated alkanes) is 1. The van der Waals surface area contributed by atoms with E-state index < -0.39 is 0 Å². The van der Waals surface area contributed by atoms with Crippen molar-refractivity contribution in [3.05, 3.63) is 0 Å². The molecule has 0 aliphatic carbocycles. The summed E-state index contributed by atoms with van der Waals surface area (Å²) in [6, 6.07) is 0. The van der Waals surface area contributed by atoms with Crippen LogP contribution < -0.4 is 5.32 Å². The van der Waals surface area contributed by atoms with Gasteiger partial charge in [0.1, 0.15) is 6.61 Å². The van der Waals surface area contributed by atoms with Crippen molar-refractivity contribution in [2.24, 2.45) is 11.8 Å². The fourth-order valence-electron chi connectivity index (χ4n) is 1.29. The van der Waals surface area contributed by atoms with Crippen LogP contribution in [0.1, 0.15) is 47.0 Å². The van der Waals surface area contributed by atoms with E-state index in [1.54, 1.807) is 0 Å². The van der Waals surface area contributed by atoms with E-state index in [2.05, 4.69) is 33.0 Å². The molecule has 0 saturated heterocycles. The molecule has 0 aromatic rings. The summed E-state index contributed by atoms with van der Waals surface area (Å²) in [5.41, 5.74) is 0. The number of nitrogens with one attached hydrogen (secondary N) is 1. The highest BCUT2D eigenvalue weighted by Crippen LogP contribution is 2.05. The first kappa shape index (κ1) is 15.4. The zero-order valence-corrected chi connectivity index (χ0v) is 11.2. The van der Waals surface area contributed by atoms with Crippen LogP contribution >= 0.6 is 0 Å². The highest BCUT2D eigenvalue weighted by atomic mass is 16.5. The molecule has 0 unspecified atom stereocenters. The van der Waals surface area contributed by atoms with Crippen LogP contribution in [0.25, 0.3) is 0 Å². The molecular formula is C13H27NO2. The van der Waals surface area contributed by atoms with Gasteiger partial charge in [-0.05, 0) is 18.3 Å². The molecule has 16 heavy (non-hydrogen) atoms. The summed E-state index contributed by atoms with van der Waals surface area (Å²) in [5.74, 6) is 1.25. The average Bonchev–Trinajstić information content (AvgIpc) is 2.19. The number of ether oxygens (including phenoxy) is 1. The number of carbonyl (C=O) groups is 1. The van der Waals surface area contributed by atoms with E-state index in [-0.39, 0.29) is 12.5 Å². The summed E-state index contributed by atoms with van der Waals surface area (Å²) in [7, 11) is 0. The molecule has 0 spiro atoms. The number of hydrogen-bond donors (Lipinski definition) is 1. The van der Waals surface area contributed by atoms with Gasteiger partial charge in [0.2, 0.25) is 5.91 Å². The molecule has 0 fully saturated rings. The largest absolute Gasteiger partial charge is 0.372 e. The second-order valence-corrected chi connectivity index (χ2v) is 5.14. The third-order valence-electron chi connectivity index (χ3n) is 2.26. The lowest BCUT2D eigenvalue weighted by atomic mass is 10.1. The molecule has 0 aliphatic heterocycles. The van der Waals surface area contributed by atoms with E-state index in [1.807, 2.05) is 0 Å². The van der Waals surface area contributed by atoms with Gasteiger partial charge in [0.25, 0.3) is 0 Å². The van der Waals surface area contributed by atoms with Crippen LogP contribution in [0.2, 0.25) is 0 Å². The van der Waals surface area contributed by atoms with Crippen LogP contribution in [0.4, 0.5) is 0 Å². The van der Waals surface area contributed by atoms with Gasteiger partial charge >= 0.3 is 0 Å². The third kappa shape index (κ3) is 11.5. The monoisotopic (exact) mass is 229 g/mol. The van der Waals surface area contributed by atoms with Crippen LogP contribution in [-0.4, -0.2) is 25.7 Å². The Morgan fingerprint density at radius 1 is 1.12 bits per heavy atom. The smallest absolute Gasteiger partial charge is 0.246 e. The van der Waals surface area contributed by atoms with Crippen molar-refractivity contribution in [2.75, 3.05) is 19.8 Å². The van der Waals surface area contributed by atoms with Gasteiger partial charge in [0.15, 0.2) is 0 Å². The lowest BCUT2D eigenvalue weighted by molar-refractivity contribution is -0.125. The zero-order valence-electron chi connectivity index (χ0n) is 11.2. The third-order valence-corrected chi connectivity index (χ3v) is 2.26. The maximum Gasteiger partial charge on any atom is 0.246 e. The molecule has 3 nitrogen and oxygen atoms in total. The summed E-state index contributed by atoms with van der Waals surface area (Å²) in [5, 5.41) is 2.83. The Labute approximate surface area is 99.9 Å². The van der Waals surface area contributed by atoms with Crippen molar-refractivity contribution in [1.29, 1.82) is 0 Å². The van der Waals surface area contributed by atoms with Gasteiger partial charge in [-0.15, -0.1) is 0 Å². The Morgan fingerprint density at radius 3 is 2.38 bits per heavy atom. The first-order chi connectivity index (χ1) is 7.52. The number of carbonyl (C=O) groups excluding carboxylic acids is 1. The Kier molecular flexibility index (Phi) is 9.30. The van der Waals surface area contributed by atoms with Gasteiger partial charge in [0.05, 0.1) is 0 Å². The molecule has 0 saturated carbocycles. The van der Waals surface area contributed by atoms with E-state index in [0.29, 0.717) is 12.5 Å². The highest BCUT2D eigenvalue weighted by molar-refractivity contribution is 5.77. The number of rotatable bonds is 9. The van der Waals surface area contributed by atoms with Gasteiger partial charge < -0.3 is 10.1 Å². The molecule has 0 radical (unpaired) electrons. The van der Waals surface area contributed by atoms with Crippen LogP contribution in [0.3, 0.4) is 0 Å². The van der Waals surface area contributed by atoms with Crippen LogP contribution in [0.15, 0.2) is 0 Å². The van der Waals surface area contributed by atoms with E-state index in [1.165, 1.54) is 12.8 Å². The predicted octanol–water partition coefficient (Wildman–Crippen LogP) is 2.60. The van der Waals surface area contributed by atoms with Gasteiger partial charge in [-0.1, -0.05) is 40.5 Å². The normalized spacial score (nSPS) is 11.1. The fraction of sp³-hybridized carbons (Fsp3) is 0.923. The van der Waals surface area contributed by atoms with Crippen LogP contribution in [0, 0.1) is 11.8 Å². The Balaban J connectivity index is 3.21. The molecule has 0 rings (SSSR count). The molecule has 0 aromatic heterocycles. The second-order valence-electron chi connectivity index (χ2n) is 5.14. The van der Waals surface area contributed by atoms with Crippen LogP contribution in [-0.2, 0) is 9.53 Å². The quantitative estimate of drug-likeness (QED) is 0.617. The van der Waals surface area contributed by atoms with Crippen molar-refractivity contribution in [2.45, 2.75) is 47.0 Å².